The summed E-state index contributed by atoms with van der Waals surface area (Å²) in [5.41, 5.74) is 4.10. The molecule has 3 heteroatoms. The van der Waals surface area contributed by atoms with Crippen LogP contribution in [0, 0.1) is 0 Å². The van der Waals surface area contributed by atoms with Gasteiger partial charge in [-0.15, -0.1) is 0 Å². The van der Waals surface area contributed by atoms with Crippen LogP contribution in [0.5, 0.6) is 0 Å². The molecule has 0 fully saturated rings. The first kappa shape index (κ1) is 15.9. The molecule has 0 amide bonds. The normalized spacial score (nSPS) is 11.2. The van der Waals surface area contributed by atoms with Crippen molar-refractivity contribution < 1.29 is 4.84 Å². The fourth-order valence-electron chi connectivity index (χ4n) is 2.47. The van der Waals surface area contributed by atoms with Gasteiger partial charge in [0.1, 0.15) is 12.3 Å². The molecular formula is C21H20N2O. The Bertz CT molecular complexity index is 714. The average Bonchev–Trinajstić information content (AvgIpc) is 2.67. The van der Waals surface area contributed by atoms with Crippen molar-refractivity contribution in [1.82, 2.24) is 4.98 Å². The molecule has 0 spiro atoms. The van der Waals surface area contributed by atoms with Crippen LogP contribution in [0.4, 0.5) is 0 Å². The van der Waals surface area contributed by atoms with E-state index >= 15 is 0 Å². The number of rotatable bonds is 7. The molecule has 24 heavy (non-hydrogen) atoms. The highest BCUT2D eigenvalue weighted by atomic mass is 16.6. The van der Waals surface area contributed by atoms with Crippen LogP contribution in [-0.4, -0.2) is 17.3 Å². The molecule has 0 aliphatic carbocycles. The van der Waals surface area contributed by atoms with Gasteiger partial charge < -0.3 is 4.84 Å². The van der Waals surface area contributed by atoms with E-state index in [0.29, 0.717) is 6.61 Å². The summed E-state index contributed by atoms with van der Waals surface area (Å²) in [6.07, 6.45) is 5.48. The molecule has 0 aliphatic rings. The van der Waals surface area contributed by atoms with Crippen LogP contribution < -0.4 is 0 Å². The fourth-order valence-corrected chi connectivity index (χ4v) is 2.47. The molecule has 120 valence electrons. The number of aryl methyl sites for hydroxylation is 1. The highest BCUT2D eigenvalue weighted by molar-refractivity contribution is 6.12. The zero-order valence-corrected chi connectivity index (χ0v) is 13.5. The lowest BCUT2D eigenvalue weighted by Gasteiger charge is -2.07. The van der Waals surface area contributed by atoms with Crippen LogP contribution in [-0.2, 0) is 11.3 Å². The van der Waals surface area contributed by atoms with E-state index in [2.05, 4.69) is 34.4 Å². The second kappa shape index (κ2) is 8.63. The van der Waals surface area contributed by atoms with Crippen molar-refractivity contribution in [2.75, 3.05) is 6.61 Å². The minimum absolute atomic E-state index is 0.589. The Balaban J connectivity index is 1.64. The summed E-state index contributed by atoms with van der Waals surface area (Å²) in [6, 6.07) is 24.4. The molecule has 0 saturated carbocycles. The van der Waals surface area contributed by atoms with Crippen LogP contribution in [0.15, 0.2) is 90.3 Å². The number of pyridine rings is 1. The highest BCUT2D eigenvalue weighted by Crippen LogP contribution is 2.10. The predicted octanol–water partition coefficient (Wildman–Crippen LogP) is 4.48. The van der Waals surface area contributed by atoms with Gasteiger partial charge >= 0.3 is 0 Å². The quantitative estimate of drug-likeness (QED) is 0.366. The van der Waals surface area contributed by atoms with Gasteiger partial charge in [-0.05, 0) is 30.5 Å². The SMILES string of the molecule is c1ccc(CCCON=C(c2ccccc2)c2cccnc2)cc1. The topological polar surface area (TPSA) is 34.5 Å². The van der Waals surface area contributed by atoms with Gasteiger partial charge in [0, 0.05) is 23.5 Å². The molecule has 1 aromatic heterocycles. The number of hydrogen-bond donors (Lipinski definition) is 0. The van der Waals surface area contributed by atoms with Crippen LogP contribution in [0.1, 0.15) is 23.1 Å². The summed E-state index contributed by atoms with van der Waals surface area (Å²) < 4.78 is 0. The maximum Gasteiger partial charge on any atom is 0.118 e. The van der Waals surface area contributed by atoms with E-state index in [1.807, 2.05) is 48.5 Å². The molecule has 0 radical (unpaired) electrons. The van der Waals surface area contributed by atoms with Crippen molar-refractivity contribution in [2.24, 2.45) is 5.16 Å². The number of hydrogen-bond acceptors (Lipinski definition) is 3. The number of benzene rings is 2. The monoisotopic (exact) mass is 316 g/mol. The lowest BCUT2D eigenvalue weighted by atomic mass is 10.0. The summed E-state index contributed by atoms with van der Waals surface area (Å²) in [5, 5.41) is 4.37. The van der Waals surface area contributed by atoms with Crippen LogP contribution in [0.2, 0.25) is 0 Å². The van der Waals surface area contributed by atoms with Gasteiger partial charge in [0.2, 0.25) is 0 Å². The Kier molecular flexibility index (Phi) is 5.73. The smallest absolute Gasteiger partial charge is 0.118 e. The average molecular weight is 316 g/mol. The van der Waals surface area contributed by atoms with Gasteiger partial charge in [-0.3, -0.25) is 4.98 Å². The number of aromatic nitrogens is 1. The van der Waals surface area contributed by atoms with E-state index in [1.165, 1.54) is 5.56 Å². The number of nitrogens with zero attached hydrogens (tertiary/aromatic N) is 2. The molecule has 0 aliphatic heterocycles. The third-order valence-electron chi connectivity index (χ3n) is 3.68. The van der Waals surface area contributed by atoms with Gasteiger partial charge in [-0.1, -0.05) is 65.8 Å². The fraction of sp³-hybridized carbons (Fsp3) is 0.143. The zero-order valence-electron chi connectivity index (χ0n) is 13.5. The second-order valence-electron chi connectivity index (χ2n) is 5.47. The van der Waals surface area contributed by atoms with Crippen molar-refractivity contribution in [3.63, 3.8) is 0 Å². The molecule has 0 unspecified atom stereocenters. The van der Waals surface area contributed by atoms with E-state index in [1.54, 1.807) is 12.4 Å². The van der Waals surface area contributed by atoms with Crippen LogP contribution >= 0.6 is 0 Å². The lowest BCUT2D eigenvalue weighted by molar-refractivity contribution is 0.142. The molecule has 0 saturated heterocycles. The maximum absolute atomic E-state index is 5.59. The largest absolute Gasteiger partial charge is 0.395 e. The number of oxime groups is 1. The van der Waals surface area contributed by atoms with Crippen molar-refractivity contribution >= 4 is 5.71 Å². The Hall–Kier alpha value is -2.94. The van der Waals surface area contributed by atoms with E-state index < -0.39 is 0 Å². The Labute approximate surface area is 142 Å². The van der Waals surface area contributed by atoms with Gasteiger partial charge in [0.25, 0.3) is 0 Å². The predicted molar refractivity (Wildman–Crippen MR) is 97.0 cm³/mol. The van der Waals surface area contributed by atoms with E-state index in [9.17, 15) is 0 Å². The minimum Gasteiger partial charge on any atom is -0.395 e. The lowest BCUT2D eigenvalue weighted by Crippen LogP contribution is -2.05. The Morgan fingerprint density at radius 2 is 1.54 bits per heavy atom. The molecule has 0 bridgehead atoms. The second-order valence-corrected chi connectivity index (χ2v) is 5.47. The third kappa shape index (κ3) is 4.53. The van der Waals surface area contributed by atoms with E-state index in [-0.39, 0.29) is 0 Å². The summed E-state index contributed by atoms with van der Waals surface area (Å²) >= 11 is 0. The maximum atomic E-state index is 5.59. The van der Waals surface area contributed by atoms with E-state index in [4.69, 9.17) is 4.84 Å². The van der Waals surface area contributed by atoms with Gasteiger partial charge in [-0.2, -0.15) is 0 Å². The van der Waals surface area contributed by atoms with Crippen molar-refractivity contribution in [3.8, 4) is 0 Å². The summed E-state index contributed by atoms with van der Waals surface area (Å²) in [5.74, 6) is 0. The molecule has 0 atom stereocenters. The molecule has 2 aromatic carbocycles. The van der Waals surface area contributed by atoms with E-state index in [0.717, 1.165) is 29.7 Å². The first-order valence-electron chi connectivity index (χ1n) is 8.13. The molecule has 3 aromatic rings. The summed E-state index contributed by atoms with van der Waals surface area (Å²) in [4.78, 5) is 9.77. The standard InChI is InChI=1S/C21H20N2O/c1-3-9-18(10-4-1)11-8-16-24-23-21(19-12-5-2-6-13-19)20-14-7-15-22-17-20/h1-7,9-10,12-15,17H,8,11,16H2. The van der Waals surface area contributed by atoms with Crippen LogP contribution in [0.3, 0.4) is 0 Å². The molecular weight excluding hydrogens is 296 g/mol. The highest BCUT2D eigenvalue weighted by Gasteiger charge is 2.07. The van der Waals surface area contributed by atoms with Gasteiger partial charge in [0.15, 0.2) is 0 Å². The Morgan fingerprint density at radius 1 is 0.833 bits per heavy atom. The van der Waals surface area contributed by atoms with Gasteiger partial charge in [0.05, 0.1) is 0 Å². The third-order valence-corrected chi connectivity index (χ3v) is 3.68. The molecule has 3 rings (SSSR count). The van der Waals surface area contributed by atoms with Crippen molar-refractivity contribution in [2.45, 2.75) is 12.8 Å². The Morgan fingerprint density at radius 3 is 2.25 bits per heavy atom. The zero-order chi connectivity index (χ0) is 16.5. The van der Waals surface area contributed by atoms with Gasteiger partial charge in [-0.25, -0.2) is 0 Å². The first-order chi connectivity index (χ1) is 11.9. The van der Waals surface area contributed by atoms with Crippen molar-refractivity contribution in [3.05, 3.63) is 102 Å². The van der Waals surface area contributed by atoms with Crippen LogP contribution in [0.25, 0.3) is 0 Å². The summed E-state index contributed by atoms with van der Waals surface area (Å²) in [7, 11) is 0. The van der Waals surface area contributed by atoms with Crippen molar-refractivity contribution in [1.29, 1.82) is 0 Å². The summed E-state index contributed by atoms with van der Waals surface area (Å²) in [6.45, 7) is 0.589. The minimum atomic E-state index is 0.589. The molecule has 3 nitrogen and oxygen atoms in total. The molecule has 0 N–H and O–H groups in total. The first-order valence-corrected chi connectivity index (χ1v) is 8.13. The molecule has 1 heterocycles.